The summed E-state index contributed by atoms with van der Waals surface area (Å²) < 4.78 is 0. The van der Waals surface area contributed by atoms with Crippen LogP contribution in [-0.2, 0) is 0 Å². The van der Waals surface area contributed by atoms with Gasteiger partial charge in [0.25, 0.3) is 0 Å². The number of thiocarbonyl (C=S) groups is 1. The minimum Gasteiger partial charge on any atom is -0.328 e. The molecule has 2 bridgehead atoms. The van der Waals surface area contributed by atoms with E-state index in [2.05, 4.69) is 6.07 Å². The monoisotopic (exact) mass is 428 g/mol. The highest BCUT2D eigenvalue weighted by molar-refractivity contribution is 7.80. The molecule has 0 amide bonds. The van der Waals surface area contributed by atoms with Gasteiger partial charge in [-0.1, -0.05) is 78.4 Å². The largest absolute Gasteiger partial charge is 0.328 e. The Bertz CT molecular complexity index is 1200. The van der Waals surface area contributed by atoms with E-state index in [0.29, 0.717) is 22.0 Å². The Morgan fingerprint density at radius 2 is 1.70 bits per heavy atom. The maximum atomic E-state index is 13.9. The molecule has 0 saturated carbocycles. The lowest BCUT2D eigenvalue weighted by atomic mass is 9.63. The molecule has 5 heteroatoms. The summed E-state index contributed by atoms with van der Waals surface area (Å²) in [6.45, 7) is 0. The van der Waals surface area contributed by atoms with Crippen LogP contribution in [0.25, 0.3) is 0 Å². The molecule has 3 aromatic carbocycles. The summed E-state index contributed by atoms with van der Waals surface area (Å²) in [7, 11) is 0. The molecule has 5 rings (SSSR count). The summed E-state index contributed by atoms with van der Waals surface area (Å²) in [5, 5.41) is 10.9. The van der Waals surface area contributed by atoms with Crippen LogP contribution in [0.15, 0.2) is 78.9 Å². The molecular formula is C25H17ClN2OS. The number of benzene rings is 3. The van der Waals surface area contributed by atoms with Gasteiger partial charge in [0.1, 0.15) is 5.41 Å². The molecule has 1 aliphatic carbocycles. The van der Waals surface area contributed by atoms with Gasteiger partial charge in [0.05, 0.1) is 23.0 Å². The second-order valence-corrected chi connectivity index (χ2v) is 8.56. The summed E-state index contributed by atoms with van der Waals surface area (Å²) in [6, 6.07) is 26.9. The van der Waals surface area contributed by atoms with Crippen molar-refractivity contribution in [3.8, 4) is 6.07 Å². The third-order valence-electron chi connectivity index (χ3n) is 6.26. The Kier molecular flexibility index (Phi) is 4.47. The van der Waals surface area contributed by atoms with Crippen LogP contribution in [0.1, 0.15) is 39.9 Å². The number of carbonyl (C=O) groups is 1. The Morgan fingerprint density at radius 3 is 2.40 bits per heavy atom. The number of nitrogens with zero attached hydrogens (tertiary/aromatic N) is 2. The van der Waals surface area contributed by atoms with Gasteiger partial charge in [0.15, 0.2) is 5.78 Å². The molecule has 0 spiro atoms. The minimum atomic E-state index is -1.08. The van der Waals surface area contributed by atoms with Crippen LogP contribution in [0.5, 0.6) is 0 Å². The van der Waals surface area contributed by atoms with Gasteiger partial charge >= 0.3 is 0 Å². The molecule has 3 nitrogen and oxygen atoms in total. The number of hydrogen-bond donors (Lipinski definition) is 0. The van der Waals surface area contributed by atoms with Crippen molar-refractivity contribution in [1.29, 1.82) is 5.26 Å². The number of carbonyl (C=O) groups excluding carboxylic acids is 1. The molecule has 1 saturated heterocycles. The van der Waals surface area contributed by atoms with Gasteiger partial charge in [0, 0.05) is 16.3 Å². The maximum absolute atomic E-state index is 13.9. The molecule has 0 unspecified atom stereocenters. The van der Waals surface area contributed by atoms with E-state index in [1.54, 1.807) is 0 Å². The zero-order valence-electron chi connectivity index (χ0n) is 16.0. The second-order valence-electron chi connectivity index (χ2n) is 7.73. The van der Waals surface area contributed by atoms with E-state index < -0.39 is 11.3 Å². The first-order valence-corrected chi connectivity index (χ1v) is 10.5. The van der Waals surface area contributed by atoms with Crippen LogP contribution < -0.4 is 4.90 Å². The van der Waals surface area contributed by atoms with E-state index in [1.807, 2.05) is 83.8 Å². The van der Waals surface area contributed by atoms with Crippen LogP contribution >= 0.6 is 23.8 Å². The number of nitriles is 1. The first kappa shape index (κ1) is 19.0. The number of rotatable bonds is 3. The normalized spacial score (nSPS) is 23.1. The molecule has 30 heavy (non-hydrogen) atoms. The second kappa shape index (κ2) is 7.05. The molecule has 1 heterocycles. The number of halogens is 1. The van der Waals surface area contributed by atoms with Crippen LogP contribution in [0.3, 0.4) is 0 Å². The summed E-state index contributed by atoms with van der Waals surface area (Å²) in [5.41, 5.74) is 2.23. The van der Waals surface area contributed by atoms with Crippen molar-refractivity contribution in [2.24, 2.45) is 5.41 Å². The fourth-order valence-corrected chi connectivity index (χ4v) is 5.55. The van der Waals surface area contributed by atoms with Crippen LogP contribution in [-0.4, -0.2) is 10.8 Å². The van der Waals surface area contributed by atoms with Gasteiger partial charge in [-0.25, -0.2) is 0 Å². The summed E-state index contributed by atoms with van der Waals surface area (Å²) in [5.74, 6) is -0.724. The first-order valence-electron chi connectivity index (χ1n) is 9.75. The molecule has 1 fully saturated rings. The highest BCUT2D eigenvalue weighted by Crippen LogP contribution is 2.59. The Hall–Kier alpha value is -3.00. The van der Waals surface area contributed by atoms with E-state index in [1.165, 1.54) is 0 Å². The fourth-order valence-electron chi connectivity index (χ4n) is 4.90. The molecule has 1 aliphatic heterocycles. The smallest absolute Gasteiger partial charge is 0.177 e. The number of fused-ring (bicyclic) bond motifs is 4. The van der Waals surface area contributed by atoms with Gasteiger partial charge < -0.3 is 4.90 Å². The fraction of sp³-hybridized carbons (Fsp3) is 0.160. The van der Waals surface area contributed by atoms with E-state index in [0.717, 1.165) is 16.8 Å². The lowest BCUT2D eigenvalue weighted by Gasteiger charge is -2.34. The van der Waals surface area contributed by atoms with Crippen molar-refractivity contribution in [2.45, 2.75) is 18.4 Å². The van der Waals surface area contributed by atoms with Crippen molar-refractivity contribution < 1.29 is 4.79 Å². The molecular weight excluding hydrogens is 412 g/mol. The van der Waals surface area contributed by atoms with Crippen LogP contribution in [0.4, 0.5) is 5.69 Å². The van der Waals surface area contributed by atoms with Gasteiger partial charge in [-0.15, -0.1) is 0 Å². The minimum absolute atomic E-state index is 0.0637. The molecule has 3 aromatic rings. The third kappa shape index (κ3) is 2.56. The summed E-state index contributed by atoms with van der Waals surface area (Å²) >= 11 is 12.1. The van der Waals surface area contributed by atoms with Crippen molar-refractivity contribution in [2.75, 3.05) is 4.90 Å². The SMILES string of the molecule is N#C[C@H](c1ccccc1)[C@@]12C[C@@H](c3ccccc3C1=O)N(c1ccc(Cl)cc1)C2=S. The molecule has 3 atom stereocenters. The molecule has 0 aromatic heterocycles. The summed E-state index contributed by atoms with van der Waals surface area (Å²) in [6.07, 6.45) is 0.484. The Labute approximate surface area is 185 Å². The first-order chi connectivity index (χ1) is 14.6. The zero-order chi connectivity index (χ0) is 20.9. The van der Waals surface area contributed by atoms with Gasteiger partial charge in [-0.2, -0.15) is 5.26 Å². The molecule has 0 radical (unpaired) electrons. The van der Waals surface area contributed by atoms with Crippen molar-refractivity contribution in [3.05, 3.63) is 101 Å². The van der Waals surface area contributed by atoms with Crippen molar-refractivity contribution >= 4 is 40.3 Å². The highest BCUT2D eigenvalue weighted by atomic mass is 35.5. The summed E-state index contributed by atoms with van der Waals surface area (Å²) in [4.78, 5) is 16.5. The Morgan fingerprint density at radius 1 is 1.03 bits per heavy atom. The predicted octanol–water partition coefficient (Wildman–Crippen LogP) is 6.11. The lowest BCUT2D eigenvalue weighted by molar-refractivity contribution is 0.0843. The van der Waals surface area contributed by atoms with Crippen LogP contribution in [0.2, 0.25) is 5.02 Å². The van der Waals surface area contributed by atoms with E-state index in [4.69, 9.17) is 23.8 Å². The molecule has 0 N–H and O–H groups in total. The van der Waals surface area contributed by atoms with Crippen molar-refractivity contribution in [3.63, 3.8) is 0 Å². The van der Waals surface area contributed by atoms with E-state index in [9.17, 15) is 10.1 Å². The highest BCUT2D eigenvalue weighted by Gasteiger charge is 2.62. The average molecular weight is 429 g/mol. The lowest BCUT2D eigenvalue weighted by Crippen LogP contribution is -2.43. The number of hydrogen-bond acceptors (Lipinski definition) is 3. The molecule has 146 valence electrons. The topological polar surface area (TPSA) is 44.1 Å². The van der Waals surface area contributed by atoms with Crippen LogP contribution in [0, 0.1) is 16.7 Å². The molecule has 2 aliphatic rings. The van der Waals surface area contributed by atoms with Gasteiger partial charge in [0.2, 0.25) is 0 Å². The van der Waals surface area contributed by atoms with Crippen molar-refractivity contribution in [1.82, 2.24) is 0 Å². The Balaban J connectivity index is 1.75. The third-order valence-corrected chi connectivity index (χ3v) is 7.07. The van der Waals surface area contributed by atoms with Gasteiger partial charge in [-0.05, 0) is 41.8 Å². The number of ketones is 1. The number of Topliss-reactive ketones (excluding diaryl/α,β-unsaturated/α-hetero) is 1. The maximum Gasteiger partial charge on any atom is 0.177 e. The number of anilines is 1. The zero-order valence-corrected chi connectivity index (χ0v) is 17.5. The van der Waals surface area contributed by atoms with E-state index >= 15 is 0 Å². The van der Waals surface area contributed by atoms with E-state index in [-0.39, 0.29) is 11.8 Å². The average Bonchev–Trinajstić information content (AvgIpc) is 3.05. The predicted molar refractivity (Wildman–Crippen MR) is 122 cm³/mol. The standard InChI is InChI=1S/C25H17ClN2OS/c26-17-10-12-18(13-11-17)28-22-14-25(24(28)30,21(15-27)16-6-2-1-3-7-16)23(29)20-9-5-4-8-19(20)22/h1-13,21-22H,14H2/t21-,22+,25+/m1/s1. The van der Waals surface area contributed by atoms with Gasteiger partial charge in [-0.3, -0.25) is 4.79 Å². The quantitative estimate of drug-likeness (QED) is 0.472.